The van der Waals surface area contributed by atoms with Crippen LogP contribution in [0.15, 0.2) is 42.5 Å². The first-order valence-corrected chi connectivity index (χ1v) is 11.2. The van der Waals surface area contributed by atoms with Gasteiger partial charge in [-0.25, -0.2) is 13.6 Å². The molecule has 1 saturated heterocycles. The minimum atomic E-state index is -5.08. The average molecular weight is 531 g/mol. The number of nitrogens with zero attached hydrogens (tertiary/aromatic N) is 2. The van der Waals surface area contributed by atoms with Crippen molar-refractivity contribution in [2.24, 2.45) is 0 Å². The lowest BCUT2D eigenvalue weighted by Gasteiger charge is -2.30. The standard InChI is InChI=1S/C22H25F2N3O3.C2HF3O2/c1-2-30-18-5-3-4-16(12-18)14-27(15-21(28)26-10-8-25-9-11-26)22(29)17-6-7-19(23)20(24)13-17;3-2(4,5)1(6)7/h3-7,12-13,25H,2,8-11,14-15H2,1H3;(H,6,7). The Balaban J connectivity index is 0.000000604. The van der Waals surface area contributed by atoms with E-state index < -0.39 is 29.7 Å². The average Bonchev–Trinajstić information content (AvgIpc) is 2.85. The number of ether oxygens (including phenoxy) is 1. The highest BCUT2D eigenvalue weighted by atomic mass is 19.4. The second kappa shape index (κ2) is 13.5. The zero-order valence-corrected chi connectivity index (χ0v) is 19.9. The van der Waals surface area contributed by atoms with Crippen molar-refractivity contribution in [1.29, 1.82) is 0 Å². The zero-order chi connectivity index (χ0) is 27.6. The molecule has 37 heavy (non-hydrogen) atoms. The Hall–Kier alpha value is -3.74. The maximum atomic E-state index is 13.7. The largest absolute Gasteiger partial charge is 0.494 e. The molecule has 0 spiro atoms. The van der Waals surface area contributed by atoms with E-state index in [4.69, 9.17) is 14.6 Å². The first-order chi connectivity index (χ1) is 17.4. The number of benzene rings is 2. The Morgan fingerprint density at radius 1 is 1.05 bits per heavy atom. The molecule has 1 heterocycles. The Morgan fingerprint density at radius 2 is 1.70 bits per heavy atom. The first-order valence-electron chi connectivity index (χ1n) is 11.2. The monoisotopic (exact) mass is 531 g/mol. The molecule has 0 atom stereocenters. The van der Waals surface area contributed by atoms with E-state index in [0.29, 0.717) is 38.5 Å². The van der Waals surface area contributed by atoms with Crippen LogP contribution in [0, 0.1) is 11.6 Å². The molecule has 1 aliphatic rings. The molecule has 3 rings (SSSR count). The lowest BCUT2D eigenvalue weighted by molar-refractivity contribution is -0.192. The smallest absolute Gasteiger partial charge is 0.490 e. The van der Waals surface area contributed by atoms with Gasteiger partial charge >= 0.3 is 12.1 Å². The number of halogens is 5. The molecule has 2 N–H and O–H groups in total. The summed E-state index contributed by atoms with van der Waals surface area (Å²) in [4.78, 5) is 37.8. The number of hydrogen-bond acceptors (Lipinski definition) is 5. The van der Waals surface area contributed by atoms with Gasteiger partial charge in [0, 0.05) is 38.3 Å². The minimum Gasteiger partial charge on any atom is -0.494 e. The summed E-state index contributed by atoms with van der Waals surface area (Å²) in [5, 5.41) is 10.3. The van der Waals surface area contributed by atoms with Gasteiger partial charge in [-0.1, -0.05) is 12.1 Å². The topological polar surface area (TPSA) is 99.2 Å². The molecule has 2 amide bonds. The third-order valence-corrected chi connectivity index (χ3v) is 5.07. The van der Waals surface area contributed by atoms with E-state index in [1.54, 1.807) is 23.1 Å². The minimum absolute atomic E-state index is 0.0111. The van der Waals surface area contributed by atoms with Crippen LogP contribution in [0.2, 0.25) is 0 Å². The quantitative estimate of drug-likeness (QED) is 0.533. The van der Waals surface area contributed by atoms with E-state index in [1.165, 1.54) is 11.0 Å². The van der Waals surface area contributed by atoms with Gasteiger partial charge in [0.05, 0.1) is 6.61 Å². The summed E-state index contributed by atoms with van der Waals surface area (Å²) < 4.78 is 64.2. The fourth-order valence-electron chi connectivity index (χ4n) is 3.31. The summed E-state index contributed by atoms with van der Waals surface area (Å²) >= 11 is 0. The lowest BCUT2D eigenvalue weighted by atomic mass is 10.1. The number of carbonyl (C=O) groups is 3. The highest BCUT2D eigenvalue weighted by Crippen LogP contribution is 2.18. The number of carboxylic acid groups (broad SMARTS) is 1. The molecular formula is C24H26F5N3O5. The molecule has 8 nitrogen and oxygen atoms in total. The Labute approximate surface area is 209 Å². The molecule has 0 saturated carbocycles. The maximum absolute atomic E-state index is 13.7. The summed E-state index contributed by atoms with van der Waals surface area (Å²) in [5.74, 6) is -4.96. The number of carbonyl (C=O) groups excluding carboxylic acids is 2. The van der Waals surface area contributed by atoms with Crippen molar-refractivity contribution in [3.8, 4) is 5.75 Å². The van der Waals surface area contributed by atoms with Gasteiger partial charge < -0.3 is 25.0 Å². The molecule has 2 aromatic carbocycles. The van der Waals surface area contributed by atoms with E-state index in [-0.39, 0.29) is 24.6 Å². The molecule has 2 aromatic rings. The molecule has 0 radical (unpaired) electrons. The van der Waals surface area contributed by atoms with Crippen LogP contribution in [-0.4, -0.2) is 78.2 Å². The molecule has 0 aliphatic carbocycles. The number of hydrogen-bond donors (Lipinski definition) is 2. The third-order valence-electron chi connectivity index (χ3n) is 5.07. The number of piperazine rings is 1. The van der Waals surface area contributed by atoms with Crippen molar-refractivity contribution < 1.29 is 46.2 Å². The van der Waals surface area contributed by atoms with Crippen LogP contribution in [-0.2, 0) is 16.1 Å². The van der Waals surface area contributed by atoms with Crippen LogP contribution in [0.5, 0.6) is 5.75 Å². The van der Waals surface area contributed by atoms with E-state index in [2.05, 4.69) is 5.32 Å². The molecule has 202 valence electrons. The molecule has 1 fully saturated rings. The summed E-state index contributed by atoms with van der Waals surface area (Å²) in [5.41, 5.74) is 0.757. The van der Waals surface area contributed by atoms with Crippen molar-refractivity contribution in [3.05, 3.63) is 65.2 Å². The summed E-state index contributed by atoms with van der Waals surface area (Å²) in [6, 6.07) is 10.2. The van der Waals surface area contributed by atoms with Crippen LogP contribution in [0.1, 0.15) is 22.8 Å². The number of alkyl halides is 3. The molecule has 0 aromatic heterocycles. The fourth-order valence-corrected chi connectivity index (χ4v) is 3.31. The van der Waals surface area contributed by atoms with Crippen molar-refractivity contribution in [2.75, 3.05) is 39.3 Å². The highest BCUT2D eigenvalue weighted by Gasteiger charge is 2.38. The van der Waals surface area contributed by atoms with E-state index in [0.717, 1.165) is 17.7 Å². The van der Waals surface area contributed by atoms with Crippen LogP contribution < -0.4 is 10.1 Å². The van der Waals surface area contributed by atoms with Gasteiger partial charge in [-0.2, -0.15) is 13.2 Å². The van der Waals surface area contributed by atoms with E-state index in [9.17, 15) is 31.5 Å². The van der Waals surface area contributed by atoms with Crippen LogP contribution in [0.3, 0.4) is 0 Å². The third kappa shape index (κ3) is 9.33. The lowest BCUT2D eigenvalue weighted by Crippen LogP contribution is -2.50. The van der Waals surface area contributed by atoms with Crippen molar-refractivity contribution in [3.63, 3.8) is 0 Å². The molecule has 0 unspecified atom stereocenters. The van der Waals surface area contributed by atoms with Gasteiger partial charge in [0.15, 0.2) is 11.6 Å². The van der Waals surface area contributed by atoms with Gasteiger partial charge in [0.25, 0.3) is 5.91 Å². The predicted octanol–water partition coefficient (Wildman–Crippen LogP) is 3.07. The van der Waals surface area contributed by atoms with Gasteiger partial charge in [0.2, 0.25) is 5.91 Å². The first kappa shape index (κ1) is 29.5. The predicted molar refractivity (Wildman–Crippen MR) is 122 cm³/mol. The van der Waals surface area contributed by atoms with Crippen LogP contribution in [0.4, 0.5) is 22.0 Å². The molecular weight excluding hydrogens is 505 g/mol. The molecule has 0 bridgehead atoms. The summed E-state index contributed by atoms with van der Waals surface area (Å²) in [6.45, 7) is 4.86. The van der Waals surface area contributed by atoms with Gasteiger partial charge in [-0.3, -0.25) is 9.59 Å². The second-order valence-corrected chi connectivity index (χ2v) is 7.80. The van der Waals surface area contributed by atoms with Crippen molar-refractivity contribution in [2.45, 2.75) is 19.6 Å². The number of amides is 2. The van der Waals surface area contributed by atoms with Gasteiger partial charge in [-0.05, 0) is 42.8 Å². The number of aliphatic carboxylic acids is 1. The van der Waals surface area contributed by atoms with Crippen molar-refractivity contribution in [1.82, 2.24) is 15.1 Å². The Bertz CT molecular complexity index is 1090. The Kier molecular flexibility index (Phi) is 10.8. The highest BCUT2D eigenvalue weighted by molar-refractivity contribution is 5.96. The maximum Gasteiger partial charge on any atom is 0.490 e. The van der Waals surface area contributed by atoms with E-state index in [1.807, 2.05) is 13.0 Å². The molecule has 13 heteroatoms. The Morgan fingerprint density at radius 3 is 2.27 bits per heavy atom. The molecule has 1 aliphatic heterocycles. The zero-order valence-electron chi connectivity index (χ0n) is 19.9. The summed E-state index contributed by atoms with van der Waals surface area (Å²) in [7, 11) is 0. The second-order valence-electron chi connectivity index (χ2n) is 7.80. The normalized spacial score (nSPS) is 13.3. The van der Waals surface area contributed by atoms with Gasteiger partial charge in [0.1, 0.15) is 12.3 Å². The van der Waals surface area contributed by atoms with Crippen molar-refractivity contribution >= 4 is 17.8 Å². The van der Waals surface area contributed by atoms with Crippen LogP contribution in [0.25, 0.3) is 0 Å². The fraction of sp³-hybridized carbons (Fsp3) is 0.375. The SMILES string of the molecule is CCOc1cccc(CN(CC(=O)N2CCNCC2)C(=O)c2ccc(F)c(F)c2)c1.O=C(O)C(F)(F)F. The van der Waals surface area contributed by atoms with Crippen LogP contribution >= 0.6 is 0 Å². The summed E-state index contributed by atoms with van der Waals surface area (Å²) in [6.07, 6.45) is -5.08. The number of nitrogens with one attached hydrogen (secondary N) is 1. The van der Waals surface area contributed by atoms with Gasteiger partial charge in [-0.15, -0.1) is 0 Å². The number of carboxylic acids is 1. The number of rotatable bonds is 7. The van der Waals surface area contributed by atoms with E-state index >= 15 is 0 Å².